The number of Topliss-reactive ketones (excluding diaryl/α,β-unsaturated/α-hetero) is 1. The predicted molar refractivity (Wildman–Crippen MR) is 50.1 cm³/mol. The van der Waals surface area contributed by atoms with Gasteiger partial charge in [-0.3, -0.25) is 4.79 Å². The highest BCUT2D eigenvalue weighted by Crippen LogP contribution is 2.17. The van der Waals surface area contributed by atoms with Crippen molar-refractivity contribution in [3.05, 3.63) is 0 Å². The molecule has 0 saturated carbocycles. The zero-order chi connectivity index (χ0) is 8.81. The Hall–Kier alpha value is -0.370. The van der Waals surface area contributed by atoms with Crippen LogP contribution in [0.5, 0.6) is 0 Å². The van der Waals surface area contributed by atoms with Gasteiger partial charge in [-0.05, 0) is 38.3 Å². The summed E-state index contributed by atoms with van der Waals surface area (Å²) in [7, 11) is 0. The second-order valence-electron chi connectivity index (χ2n) is 3.69. The molecule has 0 atom stereocenters. The van der Waals surface area contributed by atoms with E-state index in [9.17, 15) is 4.79 Å². The van der Waals surface area contributed by atoms with Crippen LogP contribution in [0.3, 0.4) is 0 Å². The number of nitrogens with one attached hydrogen (secondary N) is 1. The third-order valence-corrected chi connectivity index (χ3v) is 2.50. The molecule has 12 heavy (non-hydrogen) atoms. The first-order chi connectivity index (χ1) is 5.83. The van der Waals surface area contributed by atoms with E-state index in [1.54, 1.807) is 0 Å². The molecule has 0 radical (unpaired) electrons. The number of carbonyl (C=O) groups excluding carboxylic acids is 1. The van der Waals surface area contributed by atoms with Crippen molar-refractivity contribution in [3.63, 3.8) is 0 Å². The minimum atomic E-state index is 0.462. The van der Waals surface area contributed by atoms with E-state index in [2.05, 4.69) is 12.2 Å². The summed E-state index contributed by atoms with van der Waals surface area (Å²) in [6, 6.07) is 0. The average molecular weight is 169 g/mol. The van der Waals surface area contributed by atoms with Crippen LogP contribution >= 0.6 is 0 Å². The van der Waals surface area contributed by atoms with Crippen molar-refractivity contribution >= 4 is 5.78 Å². The van der Waals surface area contributed by atoms with Gasteiger partial charge in [0.25, 0.3) is 0 Å². The summed E-state index contributed by atoms with van der Waals surface area (Å²) in [5.41, 5.74) is 0. The first kappa shape index (κ1) is 9.72. The molecule has 1 aliphatic heterocycles. The molecule has 2 heteroatoms. The second kappa shape index (κ2) is 5.31. The Balaban J connectivity index is 2.15. The van der Waals surface area contributed by atoms with E-state index in [4.69, 9.17) is 0 Å². The number of hydrogen-bond donors (Lipinski definition) is 1. The van der Waals surface area contributed by atoms with Gasteiger partial charge < -0.3 is 5.32 Å². The van der Waals surface area contributed by atoms with Crippen molar-refractivity contribution in [2.45, 2.75) is 39.0 Å². The van der Waals surface area contributed by atoms with Crippen molar-refractivity contribution in [3.8, 4) is 0 Å². The van der Waals surface area contributed by atoms with Crippen molar-refractivity contribution in [1.82, 2.24) is 5.32 Å². The summed E-state index contributed by atoms with van der Waals surface area (Å²) in [6.07, 6.45) is 4.99. The standard InChI is InChI=1S/C10H19NO/c1-2-3-10(12)8-9-4-6-11-7-5-9/h9,11H,2-8H2,1H3. The highest BCUT2D eigenvalue weighted by atomic mass is 16.1. The topological polar surface area (TPSA) is 29.1 Å². The summed E-state index contributed by atoms with van der Waals surface area (Å²) >= 11 is 0. The van der Waals surface area contributed by atoms with E-state index in [0.717, 1.165) is 32.4 Å². The van der Waals surface area contributed by atoms with Crippen LogP contribution in [0, 0.1) is 5.92 Å². The maximum absolute atomic E-state index is 11.3. The van der Waals surface area contributed by atoms with Gasteiger partial charge in [-0.15, -0.1) is 0 Å². The Kier molecular flexibility index (Phi) is 4.30. The number of piperidine rings is 1. The van der Waals surface area contributed by atoms with Crippen LogP contribution in [0.4, 0.5) is 0 Å². The molecule has 0 spiro atoms. The number of hydrogen-bond acceptors (Lipinski definition) is 2. The molecule has 1 heterocycles. The Morgan fingerprint density at radius 3 is 2.67 bits per heavy atom. The third-order valence-electron chi connectivity index (χ3n) is 2.50. The number of ketones is 1. The molecule has 0 bridgehead atoms. The van der Waals surface area contributed by atoms with E-state index >= 15 is 0 Å². The molecule has 1 N–H and O–H groups in total. The normalized spacial score (nSPS) is 19.4. The lowest BCUT2D eigenvalue weighted by molar-refractivity contribution is -0.120. The Labute approximate surface area is 74.7 Å². The fourth-order valence-electron chi connectivity index (χ4n) is 1.79. The maximum atomic E-state index is 11.3. The molecule has 1 saturated heterocycles. The van der Waals surface area contributed by atoms with Crippen LogP contribution in [-0.2, 0) is 4.79 Å². The molecule has 0 aliphatic carbocycles. The molecule has 0 amide bonds. The molecule has 1 fully saturated rings. The molecule has 0 aromatic carbocycles. The van der Waals surface area contributed by atoms with Gasteiger partial charge in [0.2, 0.25) is 0 Å². The number of rotatable bonds is 4. The average Bonchev–Trinajstić information content (AvgIpc) is 2.06. The summed E-state index contributed by atoms with van der Waals surface area (Å²) in [5, 5.41) is 3.31. The molecule has 0 aromatic rings. The highest BCUT2D eigenvalue weighted by Gasteiger charge is 2.15. The zero-order valence-corrected chi connectivity index (χ0v) is 7.94. The summed E-state index contributed by atoms with van der Waals surface area (Å²) in [6.45, 7) is 4.27. The van der Waals surface area contributed by atoms with E-state index in [0.29, 0.717) is 11.7 Å². The van der Waals surface area contributed by atoms with Gasteiger partial charge in [0.1, 0.15) is 5.78 Å². The molecule has 0 aromatic heterocycles. The molecule has 0 unspecified atom stereocenters. The first-order valence-corrected chi connectivity index (χ1v) is 5.05. The molecular weight excluding hydrogens is 150 g/mol. The van der Waals surface area contributed by atoms with Gasteiger partial charge >= 0.3 is 0 Å². The summed E-state index contributed by atoms with van der Waals surface area (Å²) in [4.78, 5) is 11.3. The third kappa shape index (κ3) is 3.35. The molecule has 2 nitrogen and oxygen atoms in total. The largest absolute Gasteiger partial charge is 0.317 e. The van der Waals surface area contributed by atoms with Crippen LogP contribution < -0.4 is 5.32 Å². The van der Waals surface area contributed by atoms with Gasteiger partial charge in [-0.25, -0.2) is 0 Å². The van der Waals surface area contributed by atoms with E-state index in [1.807, 2.05) is 0 Å². The van der Waals surface area contributed by atoms with Crippen LogP contribution in [0.1, 0.15) is 39.0 Å². The fraction of sp³-hybridized carbons (Fsp3) is 0.900. The lowest BCUT2D eigenvalue weighted by Gasteiger charge is -2.21. The van der Waals surface area contributed by atoms with E-state index < -0.39 is 0 Å². The Morgan fingerprint density at radius 1 is 1.42 bits per heavy atom. The second-order valence-corrected chi connectivity index (χ2v) is 3.69. The monoisotopic (exact) mass is 169 g/mol. The van der Waals surface area contributed by atoms with Gasteiger partial charge in [-0.2, -0.15) is 0 Å². The van der Waals surface area contributed by atoms with Gasteiger partial charge in [0.15, 0.2) is 0 Å². The SMILES string of the molecule is CCCC(=O)CC1CCNCC1. The fourth-order valence-corrected chi connectivity index (χ4v) is 1.79. The summed E-state index contributed by atoms with van der Waals surface area (Å²) in [5.74, 6) is 1.13. The van der Waals surface area contributed by atoms with Gasteiger partial charge in [-0.1, -0.05) is 6.92 Å². The van der Waals surface area contributed by atoms with Crippen LogP contribution in [0.2, 0.25) is 0 Å². The zero-order valence-electron chi connectivity index (χ0n) is 7.94. The van der Waals surface area contributed by atoms with Crippen molar-refractivity contribution < 1.29 is 4.79 Å². The van der Waals surface area contributed by atoms with Gasteiger partial charge in [0.05, 0.1) is 0 Å². The quantitative estimate of drug-likeness (QED) is 0.694. The summed E-state index contributed by atoms with van der Waals surface area (Å²) < 4.78 is 0. The predicted octanol–water partition coefficient (Wildman–Crippen LogP) is 1.75. The molecule has 1 rings (SSSR count). The lowest BCUT2D eigenvalue weighted by atomic mass is 9.92. The van der Waals surface area contributed by atoms with Crippen LogP contribution in [-0.4, -0.2) is 18.9 Å². The lowest BCUT2D eigenvalue weighted by Crippen LogP contribution is -2.28. The van der Waals surface area contributed by atoms with E-state index in [1.165, 1.54) is 12.8 Å². The molecule has 70 valence electrons. The first-order valence-electron chi connectivity index (χ1n) is 5.05. The minimum Gasteiger partial charge on any atom is -0.317 e. The van der Waals surface area contributed by atoms with Crippen molar-refractivity contribution in [2.24, 2.45) is 5.92 Å². The van der Waals surface area contributed by atoms with Crippen molar-refractivity contribution in [1.29, 1.82) is 0 Å². The van der Waals surface area contributed by atoms with Crippen LogP contribution in [0.15, 0.2) is 0 Å². The molecule has 1 aliphatic rings. The maximum Gasteiger partial charge on any atom is 0.133 e. The van der Waals surface area contributed by atoms with Gasteiger partial charge in [0, 0.05) is 12.8 Å². The Bertz CT molecular complexity index is 139. The minimum absolute atomic E-state index is 0.462. The smallest absolute Gasteiger partial charge is 0.133 e. The van der Waals surface area contributed by atoms with Crippen molar-refractivity contribution in [2.75, 3.05) is 13.1 Å². The molecular formula is C10H19NO. The van der Waals surface area contributed by atoms with Crippen LogP contribution in [0.25, 0.3) is 0 Å². The van der Waals surface area contributed by atoms with E-state index in [-0.39, 0.29) is 0 Å². The highest BCUT2D eigenvalue weighted by molar-refractivity contribution is 5.78. The Morgan fingerprint density at radius 2 is 2.08 bits per heavy atom. The number of carbonyl (C=O) groups is 1.